The van der Waals surface area contributed by atoms with E-state index in [1.165, 1.54) is 7.11 Å². The van der Waals surface area contributed by atoms with Gasteiger partial charge in [0.25, 0.3) is 0 Å². The van der Waals surface area contributed by atoms with Crippen LogP contribution in [0.3, 0.4) is 0 Å². The number of nitrogens with zero attached hydrogens (tertiary/aromatic N) is 4. The maximum absolute atomic E-state index is 13.2. The van der Waals surface area contributed by atoms with Crippen LogP contribution in [0.4, 0.5) is 0 Å². The Kier molecular flexibility index (Phi) is 9.22. The largest absolute Gasteiger partial charge is 2.00 e. The maximum atomic E-state index is 13.2. The summed E-state index contributed by atoms with van der Waals surface area (Å²) in [5.41, 5.74) is 7.13. The van der Waals surface area contributed by atoms with Gasteiger partial charge < -0.3 is 40.3 Å². The third-order valence-electron chi connectivity index (χ3n) is 9.67. The number of hydrogen-bond acceptors (Lipinski definition) is 5. The molecule has 0 aromatic carbocycles. The molecule has 0 amide bonds. The molecule has 1 unspecified atom stereocenters. The van der Waals surface area contributed by atoms with Gasteiger partial charge in [-0.15, -0.1) is 33.1 Å². The van der Waals surface area contributed by atoms with Gasteiger partial charge in [0.1, 0.15) is 11.7 Å². The number of aliphatic hydroxyl groups is 2. The molecule has 2 aliphatic heterocycles. The van der Waals surface area contributed by atoms with Crippen molar-refractivity contribution >= 4 is 70.6 Å². The summed E-state index contributed by atoms with van der Waals surface area (Å²) in [4.78, 5) is 39.8. The van der Waals surface area contributed by atoms with E-state index in [2.05, 4.69) is 6.58 Å². The smallest absolute Gasteiger partial charge is 0.681 e. The Morgan fingerprint density at radius 2 is 1.70 bits per heavy atom. The van der Waals surface area contributed by atoms with Crippen LogP contribution in [0, 0.1) is 31.6 Å². The van der Waals surface area contributed by atoms with E-state index in [4.69, 9.17) is 25.0 Å². The zero-order valence-electron chi connectivity index (χ0n) is 26.7. The standard InChI is InChI=1S/C35H36N4O6.Mg/c1-7-18-15(3)22-11-23-16(4)20(9-10-28(41)42)32(38-23)30-31(35(44)45-6)34(43)29-17(5)24(39-33(29)30)12-26-19(8-2)21(14-40)27(37-26)13-25(18)36-22;/h7,11-13,16,20,31-32,40,43H,1,8-10,14H2,2-6H3,(H,41,42);/q-4;+2/b23-11-,26-12-,27-13-;/t16-,20-,31+,32?;/m0./s1. The Labute approximate surface area is 282 Å². The Balaban J connectivity index is 0.00000417. The van der Waals surface area contributed by atoms with E-state index in [0.717, 1.165) is 16.7 Å². The molecule has 3 aromatic rings. The van der Waals surface area contributed by atoms with Crippen molar-refractivity contribution in [1.82, 2.24) is 15.0 Å². The van der Waals surface area contributed by atoms with Crippen molar-refractivity contribution in [2.45, 2.75) is 59.6 Å². The van der Waals surface area contributed by atoms with Gasteiger partial charge in [0.2, 0.25) is 0 Å². The van der Waals surface area contributed by atoms with Gasteiger partial charge >= 0.3 is 35.0 Å². The van der Waals surface area contributed by atoms with Gasteiger partial charge in [0.15, 0.2) is 0 Å². The molecule has 10 nitrogen and oxygen atoms in total. The molecule has 0 saturated carbocycles. The molecule has 5 heterocycles. The van der Waals surface area contributed by atoms with Crippen LogP contribution in [0.15, 0.2) is 12.3 Å². The van der Waals surface area contributed by atoms with E-state index < -0.39 is 23.9 Å². The average molecular weight is 633 g/mol. The number of ether oxygens (including phenoxy) is 1. The van der Waals surface area contributed by atoms with Crippen LogP contribution in [0.25, 0.3) is 41.0 Å². The van der Waals surface area contributed by atoms with E-state index in [1.807, 2.05) is 45.9 Å². The SMILES string of the molecule is C=Cc1c2[n-]c(c1C)/C=C1\[N-]C(C3=c4[n-]c(c(C)c4=C(O)[C@@H]3C(=O)OC)/C=c3\[n-]/c(c(CO)c3CC)=C\2)[C@@H](CCC(=O)O)[C@@H]1C.[Mg+2]. The summed E-state index contributed by atoms with van der Waals surface area (Å²) in [7, 11) is 1.27. The van der Waals surface area contributed by atoms with Crippen molar-refractivity contribution in [3.63, 3.8) is 0 Å². The van der Waals surface area contributed by atoms with Gasteiger partial charge in [-0.1, -0.05) is 73.0 Å². The first-order valence-corrected chi connectivity index (χ1v) is 15.1. The number of carbonyl (C=O) groups is 2. The summed E-state index contributed by atoms with van der Waals surface area (Å²) in [6.45, 7) is 11.6. The van der Waals surface area contributed by atoms with Gasteiger partial charge in [0, 0.05) is 11.6 Å². The second-order valence-electron chi connectivity index (χ2n) is 11.9. The van der Waals surface area contributed by atoms with Crippen LogP contribution in [0.5, 0.6) is 0 Å². The second kappa shape index (κ2) is 12.7. The van der Waals surface area contributed by atoms with Crippen LogP contribution in [0.2, 0.25) is 0 Å². The topological polar surface area (TPSA) is 160 Å². The first-order chi connectivity index (χ1) is 21.5. The number of methoxy groups -OCH3 is 1. The molecular weight excluding hydrogens is 597 g/mol. The quantitative estimate of drug-likeness (QED) is 0.255. The number of aromatic nitrogens is 3. The minimum atomic E-state index is -1.12. The van der Waals surface area contributed by atoms with E-state index in [-0.39, 0.29) is 53.7 Å². The summed E-state index contributed by atoms with van der Waals surface area (Å²) in [5.74, 6) is -3.30. The van der Waals surface area contributed by atoms with Crippen LogP contribution >= 0.6 is 0 Å². The Morgan fingerprint density at radius 1 is 1.02 bits per heavy atom. The number of fused-ring (bicyclic) bond motifs is 8. The number of aliphatic carboxylic acids is 1. The third kappa shape index (κ3) is 5.14. The molecule has 3 N–H and O–H groups in total. The molecule has 236 valence electrons. The second-order valence-corrected chi connectivity index (χ2v) is 11.9. The predicted molar refractivity (Wildman–Crippen MR) is 175 cm³/mol. The molecule has 0 radical (unpaired) electrons. The first-order valence-electron chi connectivity index (χ1n) is 15.1. The summed E-state index contributed by atoms with van der Waals surface area (Å²) < 4.78 is 5.16. The number of carbonyl (C=O) groups excluding carboxylic acids is 1. The Hall–Kier alpha value is -3.93. The first kappa shape index (κ1) is 33.4. The molecule has 11 heteroatoms. The van der Waals surface area contributed by atoms with Crippen LogP contribution in [0.1, 0.15) is 71.6 Å². The number of carboxylic acid groups (broad SMARTS) is 1. The molecule has 3 aromatic heterocycles. The maximum Gasteiger partial charge on any atom is 2.00 e. The minimum Gasteiger partial charge on any atom is -0.681 e. The molecule has 0 spiro atoms. The Bertz CT molecular complexity index is 2050. The monoisotopic (exact) mass is 632 g/mol. The molecule has 1 aliphatic carbocycles. The fourth-order valence-corrected chi connectivity index (χ4v) is 7.25. The van der Waals surface area contributed by atoms with Crippen LogP contribution in [-0.4, -0.2) is 63.5 Å². The summed E-state index contributed by atoms with van der Waals surface area (Å²) in [5, 5.41) is 38.9. The van der Waals surface area contributed by atoms with Gasteiger partial charge in [-0.2, -0.15) is 5.70 Å². The van der Waals surface area contributed by atoms with E-state index >= 15 is 0 Å². The normalized spacial score (nSPS) is 23.7. The summed E-state index contributed by atoms with van der Waals surface area (Å²) in [6, 6.07) is -0.635. The number of rotatable bonds is 7. The number of aliphatic hydroxyl groups excluding tert-OH is 2. The van der Waals surface area contributed by atoms with Crippen molar-refractivity contribution in [3.05, 3.63) is 83.8 Å². The van der Waals surface area contributed by atoms with Crippen LogP contribution < -0.4 is 36.2 Å². The third-order valence-corrected chi connectivity index (χ3v) is 9.67. The van der Waals surface area contributed by atoms with Gasteiger partial charge in [-0.3, -0.25) is 9.59 Å². The van der Waals surface area contributed by atoms with Crippen molar-refractivity contribution in [2.75, 3.05) is 7.11 Å². The van der Waals surface area contributed by atoms with E-state index in [1.54, 1.807) is 6.08 Å². The van der Waals surface area contributed by atoms with Crippen molar-refractivity contribution in [1.29, 1.82) is 0 Å². The van der Waals surface area contributed by atoms with Crippen molar-refractivity contribution in [2.24, 2.45) is 17.8 Å². The molecule has 46 heavy (non-hydrogen) atoms. The Morgan fingerprint density at radius 3 is 2.33 bits per heavy atom. The molecule has 1 fully saturated rings. The molecule has 8 bridgehead atoms. The number of esters is 1. The molecule has 1 saturated heterocycles. The fourth-order valence-electron chi connectivity index (χ4n) is 7.25. The number of hydrogen-bond donors (Lipinski definition) is 3. The molecular formula is C35H36MgN4O6-2. The zero-order valence-corrected chi connectivity index (χ0v) is 28.1. The fraction of sp³-hybridized carbons (Fsp3) is 0.371. The van der Waals surface area contributed by atoms with Crippen molar-refractivity contribution < 1.29 is 29.6 Å². The average Bonchev–Trinajstić information content (AvgIpc) is 3.76. The van der Waals surface area contributed by atoms with Gasteiger partial charge in [0.05, 0.1) is 13.7 Å². The molecule has 6 rings (SSSR count). The summed E-state index contributed by atoms with van der Waals surface area (Å²) in [6.07, 6.45) is 8.22. The minimum absolute atomic E-state index is 0. The van der Waals surface area contributed by atoms with E-state index in [9.17, 15) is 24.9 Å². The summed E-state index contributed by atoms with van der Waals surface area (Å²) >= 11 is 0. The molecule has 3 aliphatic rings. The van der Waals surface area contributed by atoms with E-state index in [0.29, 0.717) is 73.6 Å². The number of allylic oxidation sites excluding steroid dienone is 1. The number of carboxylic acids is 1. The van der Waals surface area contributed by atoms with Crippen molar-refractivity contribution in [3.8, 4) is 0 Å². The molecule has 4 atom stereocenters. The predicted octanol–water partition coefficient (Wildman–Crippen LogP) is 0.997. The van der Waals surface area contributed by atoms with Gasteiger partial charge in [-0.25, -0.2) is 0 Å². The van der Waals surface area contributed by atoms with Gasteiger partial charge in [-0.05, 0) is 49.7 Å². The van der Waals surface area contributed by atoms with Crippen LogP contribution in [-0.2, 0) is 27.4 Å². The zero-order chi connectivity index (χ0) is 32.3.